The van der Waals surface area contributed by atoms with Crippen molar-refractivity contribution in [2.24, 2.45) is 0 Å². The molecule has 0 aliphatic carbocycles. The molecule has 0 heterocycles. The molecule has 0 radical (unpaired) electrons. The van der Waals surface area contributed by atoms with Crippen LogP contribution in [0, 0.1) is 0 Å². The van der Waals surface area contributed by atoms with Gasteiger partial charge in [0.2, 0.25) is 5.91 Å². The lowest BCUT2D eigenvalue weighted by Gasteiger charge is -2.20. The standard InChI is InChI=1S/C42H81NO3/c1-3-5-7-9-11-13-15-17-19-20-21-22-23-24-26-28-30-32-34-36-38-42(46)43-40(39-44)41(45)37-35-33-31-29-27-25-18-16-14-12-10-8-6-4-2/h21-22,35,37,40-41,44-45H,3-20,23-34,36,38-39H2,1-2H3,(H,43,46)/b22-21-,37-35+. The molecule has 0 saturated carbocycles. The van der Waals surface area contributed by atoms with Gasteiger partial charge < -0.3 is 15.5 Å². The molecule has 4 heteroatoms. The molecule has 0 spiro atoms. The third-order valence-corrected chi connectivity index (χ3v) is 9.43. The fourth-order valence-electron chi connectivity index (χ4n) is 6.23. The Hall–Kier alpha value is -1.13. The largest absolute Gasteiger partial charge is 0.394 e. The molecule has 0 rings (SSSR count). The molecule has 0 fully saturated rings. The van der Waals surface area contributed by atoms with E-state index in [-0.39, 0.29) is 12.5 Å². The van der Waals surface area contributed by atoms with Crippen LogP contribution in [0.4, 0.5) is 0 Å². The van der Waals surface area contributed by atoms with E-state index in [9.17, 15) is 15.0 Å². The quantitative estimate of drug-likeness (QED) is 0.0464. The van der Waals surface area contributed by atoms with Crippen LogP contribution in [0.15, 0.2) is 24.3 Å². The summed E-state index contributed by atoms with van der Waals surface area (Å²) in [6, 6.07) is -0.620. The zero-order valence-corrected chi connectivity index (χ0v) is 31.1. The number of aliphatic hydroxyl groups excluding tert-OH is 2. The van der Waals surface area contributed by atoms with Crippen LogP contribution < -0.4 is 5.32 Å². The van der Waals surface area contributed by atoms with Gasteiger partial charge in [-0.3, -0.25) is 4.79 Å². The molecule has 0 saturated heterocycles. The van der Waals surface area contributed by atoms with E-state index in [0.717, 1.165) is 25.7 Å². The fourth-order valence-corrected chi connectivity index (χ4v) is 6.23. The minimum Gasteiger partial charge on any atom is -0.394 e. The van der Waals surface area contributed by atoms with E-state index in [2.05, 4.69) is 31.3 Å². The van der Waals surface area contributed by atoms with Crippen LogP contribution >= 0.6 is 0 Å². The van der Waals surface area contributed by atoms with Gasteiger partial charge in [0.25, 0.3) is 0 Å². The van der Waals surface area contributed by atoms with E-state index < -0.39 is 12.1 Å². The van der Waals surface area contributed by atoms with E-state index >= 15 is 0 Å². The van der Waals surface area contributed by atoms with Crippen molar-refractivity contribution in [1.82, 2.24) is 5.32 Å². The molecular weight excluding hydrogens is 566 g/mol. The summed E-state index contributed by atoms with van der Waals surface area (Å²) in [5, 5.41) is 22.9. The van der Waals surface area contributed by atoms with Gasteiger partial charge in [0.1, 0.15) is 0 Å². The first-order chi connectivity index (χ1) is 22.7. The average Bonchev–Trinajstić information content (AvgIpc) is 3.06. The number of rotatable bonds is 37. The molecule has 2 unspecified atom stereocenters. The van der Waals surface area contributed by atoms with Crippen LogP contribution in [0.1, 0.15) is 219 Å². The Morgan fingerprint density at radius 1 is 0.500 bits per heavy atom. The van der Waals surface area contributed by atoms with Crippen molar-refractivity contribution in [2.75, 3.05) is 6.61 Å². The molecule has 0 aromatic heterocycles. The topological polar surface area (TPSA) is 69.6 Å². The molecule has 2 atom stereocenters. The van der Waals surface area contributed by atoms with Crippen molar-refractivity contribution in [2.45, 2.75) is 231 Å². The van der Waals surface area contributed by atoms with Gasteiger partial charge in [-0.2, -0.15) is 0 Å². The summed E-state index contributed by atoms with van der Waals surface area (Å²) in [6.45, 7) is 4.31. The van der Waals surface area contributed by atoms with Gasteiger partial charge in [-0.25, -0.2) is 0 Å². The maximum absolute atomic E-state index is 12.3. The van der Waals surface area contributed by atoms with Crippen molar-refractivity contribution < 1.29 is 15.0 Å². The predicted octanol–water partition coefficient (Wildman–Crippen LogP) is 12.5. The van der Waals surface area contributed by atoms with Gasteiger partial charge in [0.15, 0.2) is 0 Å². The zero-order chi connectivity index (χ0) is 33.6. The molecule has 0 aliphatic rings. The van der Waals surface area contributed by atoms with Crippen molar-refractivity contribution in [3.63, 3.8) is 0 Å². The number of hydrogen-bond acceptors (Lipinski definition) is 3. The highest BCUT2D eigenvalue weighted by atomic mass is 16.3. The summed E-state index contributed by atoms with van der Waals surface area (Å²) < 4.78 is 0. The number of amides is 1. The van der Waals surface area contributed by atoms with Gasteiger partial charge in [-0.15, -0.1) is 0 Å². The first kappa shape index (κ1) is 44.9. The number of nitrogens with one attached hydrogen (secondary N) is 1. The number of carbonyl (C=O) groups is 1. The average molecular weight is 648 g/mol. The van der Waals surface area contributed by atoms with E-state index in [4.69, 9.17) is 0 Å². The summed E-state index contributed by atoms with van der Waals surface area (Å²) in [7, 11) is 0. The molecule has 4 nitrogen and oxygen atoms in total. The van der Waals surface area contributed by atoms with Crippen LogP contribution in [-0.4, -0.2) is 34.9 Å². The number of aliphatic hydroxyl groups is 2. The number of allylic oxidation sites excluding steroid dienone is 3. The normalized spacial score (nSPS) is 13.2. The van der Waals surface area contributed by atoms with E-state index in [1.165, 1.54) is 173 Å². The highest BCUT2D eigenvalue weighted by Crippen LogP contribution is 2.14. The third kappa shape index (κ3) is 34.2. The summed E-state index contributed by atoms with van der Waals surface area (Å²) in [6.07, 6.45) is 48.4. The molecule has 0 bridgehead atoms. The highest BCUT2D eigenvalue weighted by Gasteiger charge is 2.17. The second-order valence-electron chi connectivity index (χ2n) is 14.1. The first-order valence-corrected chi connectivity index (χ1v) is 20.6. The molecule has 0 aliphatic heterocycles. The second-order valence-corrected chi connectivity index (χ2v) is 14.1. The van der Waals surface area contributed by atoms with Gasteiger partial charge in [0.05, 0.1) is 18.8 Å². The van der Waals surface area contributed by atoms with Crippen molar-refractivity contribution >= 4 is 5.91 Å². The maximum Gasteiger partial charge on any atom is 0.220 e. The van der Waals surface area contributed by atoms with E-state index in [0.29, 0.717) is 6.42 Å². The number of unbranched alkanes of at least 4 members (excludes halogenated alkanes) is 28. The Balaban J connectivity index is 3.57. The maximum atomic E-state index is 12.3. The third-order valence-electron chi connectivity index (χ3n) is 9.43. The zero-order valence-electron chi connectivity index (χ0n) is 31.1. The Morgan fingerprint density at radius 2 is 0.826 bits per heavy atom. The summed E-state index contributed by atoms with van der Waals surface area (Å²) >= 11 is 0. The highest BCUT2D eigenvalue weighted by molar-refractivity contribution is 5.76. The monoisotopic (exact) mass is 648 g/mol. The van der Waals surface area contributed by atoms with Crippen molar-refractivity contribution in [1.29, 1.82) is 0 Å². The van der Waals surface area contributed by atoms with Gasteiger partial charge >= 0.3 is 0 Å². The lowest BCUT2D eigenvalue weighted by atomic mass is 10.0. The fraction of sp³-hybridized carbons (Fsp3) is 0.881. The van der Waals surface area contributed by atoms with Crippen molar-refractivity contribution in [3.05, 3.63) is 24.3 Å². The molecule has 0 aromatic carbocycles. The summed E-state index contributed by atoms with van der Waals surface area (Å²) in [5.74, 6) is -0.0679. The SMILES string of the molecule is CCCCCCCCCCC/C=C\CCCCCCCCCC(=O)NC(CO)C(O)/C=C/CCCCCCCCCCCCCC. The predicted molar refractivity (Wildman–Crippen MR) is 202 cm³/mol. The summed E-state index contributed by atoms with van der Waals surface area (Å²) in [5.41, 5.74) is 0. The second kappa shape index (κ2) is 38.3. The van der Waals surface area contributed by atoms with Crippen LogP contribution in [0.25, 0.3) is 0 Å². The Kier molecular flexibility index (Phi) is 37.4. The van der Waals surface area contributed by atoms with Crippen LogP contribution in [-0.2, 0) is 4.79 Å². The van der Waals surface area contributed by atoms with Crippen molar-refractivity contribution in [3.8, 4) is 0 Å². The summed E-state index contributed by atoms with van der Waals surface area (Å²) in [4.78, 5) is 12.3. The van der Waals surface area contributed by atoms with Crippen LogP contribution in [0.3, 0.4) is 0 Å². The van der Waals surface area contributed by atoms with Crippen LogP contribution in [0.2, 0.25) is 0 Å². The Labute approximate surface area is 288 Å². The molecule has 272 valence electrons. The van der Waals surface area contributed by atoms with Gasteiger partial charge in [-0.1, -0.05) is 192 Å². The van der Waals surface area contributed by atoms with Crippen LogP contribution in [0.5, 0.6) is 0 Å². The first-order valence-electron chi connectivity index (χ1n) is 20.6. The molecule has 3 N–H and O–H groups in total. The molecule has 46 heavy (non-hydrogen) atoms. The Bertz CT molecular complexity index is 661. The lowest BCUT2D eigenvalue weighted by molar-refractivity contribution is -0.123. The van der Waals surface area contributed by atoms with Gasteiger partial charge in [0, 0.05) is 6.42 Å². The minimum absolute atomic E-state index is 0.0679. The lowest BCUT2D eigenvalue weighted by Crippen LogP contribution is -2.45. The minimum atomic E-state index is -0.837. The molecule has 0 aromatic rings. The molecule has 1 amide bonds. The Morgan fingerprint density at radius 3 is 1.20 bits per heavy atom. The number of hydrogen-bond donors (Lipinski definition) is 3. The van der Waals surface area contributed by atoms with E-state index in [1.807, 2.05) is 6.08 Å². The van der Waals surface area contributed by atoms with Gasteiger partial charge in [-0.05, 0) is 44.9 Å². The van der Waals surface area contributed by atoms with E-state index in [1.54, 1.807) is 6.08 Å². The molecular formula is C42H81NO3. The number of carbonyl (C=O) groups excluding carboxylic acids is 1. The smallest absolute Gasteiger partial charge is 0.220 e.